The van der Waals surface area contributed by atoms with Gasteiger partial charge in [-0.2, -0.15) is 0 Å². The third kappa shape index (κ3) is 3.58. The Hall–Kier alpha value is -2.37. The molecular weight excluding hydrogens is 236 g/mol. The molecule has 1 atom stereocenters. The quantitative estimate of drug-likeness (QED) is 0.661. The molecule has 0 aliphatic carbocycles. The van der Waals surface area contributed by atoms with E-state index in [1.807, 2.05) is 0 Å². The Kier molecular flexibility index (Phi) is 4.86. The SMILES string of the molecule is CCNC(=O)C(C(=O)O)C(=O)Nc1ccccc1. The van der Waals surface area contributed by atoms with E-state index in [2.05, 4.69) is 10.6 Å². The molecule has 2 amide bonds. The molecule has 1 rings (SSSR count). The standard InChI is InChI=1S/C12H14N2O4/c1-2-13-10(15)9(12(17)18)11(16)14-8-6-4-3-5-7-8/h3-7,9H,2H2,1H3,(H,13,15)(H,14,16)(H,17,18). The molecule has 1 aromatic carbocycles. The third-order valence-electron chi connectivity index (χ3n) is 2.16. The van der Waals surface area contributed by atoms with E-state index in [4.69, 9.17) is 5.11 Å². The van der Waals surface area contributed by atoms with E-state index in [-0.39, 0.29) is 6.54 Å². The van der Waals surface area contributed by atoms with Crippen molar-refractivity contribution in [2.24, 2.45) is 5.92 Å². The maximum atomic E-state index is 11.7. The molecule has 18 heavy (non-hydrogen) atoms. The Morgan fingerprint density at radius 2 is 1.78 bits per heavy atom. The monoisotopic (exact) mass is 250 g/mol. The summed E-state index contributed by atoms with van der Waals surface area (Å²) in [5.74, 6) is -4.90. The lowest BCUT2D eigenvalue weighted by Crippen LogP contribution is -2.42. The van der Waals surface area contributed by atoms with Crippen LogP contribution in [0.1, 0.15) is 6.92 Å². The molecule has 0 fully saturated rings. The first-order valence-electron chi connectivity index (χ1n) is 5.42. The van der Waals surface area contributed by atoms with Crippen molar-refractivity contribution in [3.8, 4) is 0 Å². The van der Waals surface area contributed by atoms with Gasteiger partial charge in [0.2, 0.25) is 17.7 Å². The Balaban J connectivity index is 2.78. The smallest absolute Gasteiger partial charge is 0.325 e. The second kappa shape index (κ2) is 6.39. The molecule has 0 aromatic heterocycles. The van der Waals surface area contributed by atoms with Crippen molar-refractivity contribution < 1.29 is 19.5 Å². The average molecular weight is 250 g/mol. The highest BCUT2D eigenvalue weighted by Gasteiger charge is 2.33. The molecule has 1 unspecified atom stereocenters. The normalized spacial score (nSPS) is 11.4. The number of carboxylic acids is 1. The predicted molar refractivity (Wildman–Crippen MR) is 64.9 cm³/mol. The van der Waals surface area contributed by atoms with Gasteiger partial charge in [-0.05, 0) is 19.1 Å². The lowest BCUT2D eigenvalue weighted by molar-refractivity contribution is -0.150. The van der Waals surface area contributed by atoms with Crippen LogP contribution < -0.4 is 10.6 Å². The van der Waals surface area contributed by atoms with E-state index in [0.29, 0.717) is 5.69 Å². The van der Waals surface area contributed by atoms with Gasteiger partial charge in [0.25, 0.3) is 0 Å². The van der Waals surface area contributed by atoms with Gasteiger partial charge in [0.05, 0.1) is 0 Å². The van der Waals surface area contributed by atoms with E-state index in [9.17, 15) is 14.4 Å². The number of carbonyl (C=O) groups is 3. The second-order valence-electron chi connectivity index (χ2n) is 3.52. The minimum absolute atomic E-state index is 0.265. The van der Waals surface area contributed by atoms with E-state index < -0.39 is 23.7 Å². The molecule has 6 heteroatoms. The highest BCUT2D eigenvalue weighted by atomic mass is 16.4. The van der Waals surface area contributed by atoms with Crippen molar-refractivity contribution in [3.05, 3.63) is 30.3 Å². The summed E-state index contributed by atoms with van der Waals surface area (Å²) in [6.45, 7) is 1.91. The predicted octanol–water partition coefficient (Wildman–Crippen LogP) is 0.462. The fourth-order valence-corrected chi connectivity index (χ4v) is 1.36. The summed E-state index contributed by atoms with van der Waals surface area (Å²) in [5.41, 5.74) is 0.443. The summed E-state index contributed by atoms with van der Waals surface area (Å²) in [7, 11) is 0. The molecule has 6 nitrogen and oxygen atoms in total. The number of carboxylic acid groups (broad SMARTS) is 1. The second-order valence-corrected chi connectivity index (χ2v) is 3.52. The minimum atomic E-state index is -1.75. The molecule has 0 bridgehead atoms. The maximum absolute atomic E-state index is 11.7. The third-order valence-corrected chi connectivity index (χ3v) is 2.16. The summed E-state index contributed by atoms with van der Waals surface area (Å²) in [6, 6.07) is 8.35. The van der Waals surface area contributed by atoms with E-state index in [1.165, 1.54) is 0 Å². The molecule has 0 aliphatic heterocycles. The zero-order valence-corrected chi connectivity index (χ0v) is 9.84. The van der Waals surface area contributed by atoms with E-state index in [0.717, 1.165) is 0 Å². The summed E-state index contributed by atoms with van der Waals surface area (Å²) in [4.78, 5) is 34.1. The number of rotatable bonds is 5. The molecule has 0 spiro atoms. The number of aliphatic carboxylic acids is 1. The summed E-state index contributed by atoms with van der Waals surface area (Å²) >= 11 is 0. The number of carbonyl (C=O) groups excluding carboxylic acids is 2. The first-order valence-corrected chi connectivity index (χ1v) is 5.42. The van der Waals surface area contributed by atoms with Gasteiger partial charge in [-0.25, -0.2) is 0 Å². The highest BCUT2D eigenvalue weighted by Crippen LogP contribution is 2.08. The van der Waals surface area contributed by atoms with Crippen molar-refractivity contribution in [2.75, 3.05) is 11.9 Å². The van der Waals surface area contributed by atoms with Gasteiger partial charge in [0, 0.05) is 12.2 Å². The molecule has 0 saturated heterocycles. The van der Waals surface area contributed by atoms with Crippen LogP contribution in [0.4, 0.5) is 5.69 Å². The van der Waals surface area contributed by atoms with Crippen LogP contribution in [0.25, 0.3) is 0 Å². The van der Waals surface area contributed by atoms with Crippen molar-refractivity contribution in [2.45, 2.75) is 6.92 Å². The summed E-state index contributed by atoms with van der Waals surface area (Å²) < 4.78 is 0. The highest BCUT2D eigenvalue weighted by molar-refractivity contribution is 6.19. The van der Waals surface area contributed by atoms with Crippen molar-refractivity contribution >= 4 is 23.5 Å². The fraction of sp³-hybridized carbons (Fsp3) is 0.250. The largest absolute Gasteiger partial charge is 0.480 e. The molecule has 96 valence electrons. The van der Waals surface area contributed by atoms with Crippen LogP contribution in [0.5, 0.6) is 0 Å². The van der Waals surface area contributed by atoms with Crippen LogP contribution in [-0.4, -0.2) is 29.4 Å². The molecule has 3 N–H and O–H groups in total. The molecule has 0 aliphatic rings. The van der Waals surface area contributed by atoms with Gasteiger partial charge in [0.1, 0.15) is 0 Å². The Labute approximate surface area is 104 Å². The van der Waals surface area contributed by atoms with Crippen LogP contribution in [0.2, 0.25) is 0 Å². The Morgan fingerprint density at radius 1 is 1.17 bits per heavy atom. The van der Waals surface area contributed by atoms with Crippen molar-refractivity contribution in [3.63, 3.8) is 0 Å². The lowest BCUT2D eigenvalue weighted by Gasteiger charge is -2.12. The van der Waals surface area contributed by atoms with Crippen LogP contribution >= 0.6 is 0 Å². The molecular formula is C12H14N2O4. The number of benzene rings is 1. The summed E-state index contributed by atoms with van der Waals surface area (Å²) in [5, 5.41) is 13.6. The first kappa shape index (κ1) is 13.7. The number of amides is 2. The first-order chi connectivity index (χ1) is 8.56. The van der Waals surface area contributed by atoms with Gasteiger partial charge >= 0.3 is 5.97 Å². The zero-order valence-electron chi connectivity index (χ0n) is 9.84. The molecule has 1 aromatic rings. The topological polar surface area (TPSA) is 95.5 Å². The van der Waals surface area contributed by atoms with E-state index >= 15 is 0 Å². The van der Waals surface area contributed by atoms with Gasteiger partial charge in [-0.1, -0.05) is 18.2 Å². The number of nitrogens with one attached hydrogen (secondary N) is 2. The maximum Gasteiger partial charge on any atom is 0.325 e. The number of hydrogen-bond acceptors (Lipinski definition) is 3. The Bertz CT molecular complexity index is 445. The number of para-hydroxylation sites is 1. The van der Waals surface area contributed by atoms with Gasteiger partial charge < -0.3 is 15.7 Å². The number of hydrogen-bond donors (Lipinski definition) is 3. The number of anilines is 1. The minimum Gasteiger partial charge on any atom is -0.480 e. The zero-order chi connectivity index (χ0) is 13.5. The molecule has 0 radical (unpaired) electrons. The van der Waals surface area contributed by atoms with Gasteiger partial charge in [-0.15, -0.1) is 0 Å². The van der Waals surface area contributed by atoms with Gasteiger partial charge in [-0.3, -0.25) is 14.4 Å². The van der Waals surface area contributed by atoms with Crippen LogP contribution in [0.15, 0.2) is 30.3 Å². The van der Waals surface area contributed by atoms with Crippen LogP contribution in [-0.2, 0) is 14.4 Å². The van der Waals surface area contributed by atoms with Crippen molar-refractivity contribution in [1.29, 1.82) is 0 Å². The van der Waals surface area contributed by atoms with Crippen LogP contribution in [0, 0.1) is 5.92 Å². The van der Waals surface area contributed by atoms with E-state index in [1.54, 1.807) is 37.3 Å². The average Bonchev–Trinajstić information content (AvgIpc) is 2.30. The van der Waals surface area contributed by atoms with Crippen molar-refractivity contribution in [1.82, 2.24) is 5.32 Å². The summed E-state index contributed by atoms with van der Waals surface area (Å²) in [6.07, 6.45) is 0. The fourth-order valence-electron chi connectivity index (χ4n) is 1.36. The van der Waals surface area contributed by atoms with Crippen LogP contribution in [0.3, 0.4) is 0 Å². The lowest BCUT2D eigenvalue weighted by atomic mass is 10.1. The Morgan fingerprint density at radius 3 is 2.28 bits per heavy atom. The molecule has 0 heterocycles. The van der Waals surface area contributed by atoms with Gasteiger partial charge in [0.15, 0.2) is 0 Å². The molecule has 0 saturated carbocycles.